The third-order valence-corrected chi connectivity index (χ3v) is 8.67. The second kappa shape index (κ2) is 10.6. The highest BCUT2D eigenvalue weighted by Crippen LogP contribution is 2.35. The van der Waals surface area contributed by atoms with Gasteiger partial charge in [0.15, 0.2) is 0 Å². The molecule has 3 heterocycles. The van der Waals surface area contributed by atoms with Gasteiger partial charge in [-0.3, -0.25) is 9.58 Å². The Kier molecular flexibility index (Phi) is 6.63. The predicted molar refractivity (Wildman–Crippen MR) is 163 cm³/mol. The zero-order valence-electron chi connectivity index (χ0n) is 23.5. The van der Waals surface area contributed by atoms with Gasteiger partial charge in [0.2, 0.25) is 0 Å². The van der Waals surface area contributed by atoms with Gasteiger partial charge in [0.25, 0.3) is 0 Å². The van der Waals surface area contributed by atoms with Crippen LogP contribution in [-0.2, 0) is 13.6 Å². The summed E-state index contributed by atoms with van der Waals surface area (Å²) in [5, 5.41) is 5.77. The molecule has 0 bridgehead atoms. The second-order valence-corrected chi connectivity index (χ2v) is 11.3. The number of likely N-dealkylation sites (tertiary alicyclic amines) is 1. The third-order valence-electron chi connectivity index (χ3n) is 8.67. The van der Waals surface area contributed by atoms with Crippen molar-refractivity contribution in [3.05, 3.63) is 120 Å². The number of aromatic nitrogens is 4. The maximum Gasteiger partial charge on any atom is 0.123 e. The highest BCUT2D eigenvalue weighted by Gasteiger charge is 2.27. The molecule has 4 aromatic carbocycles. The fourth-order valence-corrected chi connectivity index (χ4v) is 6.50. The van der Waals surface area contributed by atoms with Crippen LogP contribution < -0.4 is 0 Å². The first-order chi connectivity index (χ1) is 20.0. The number of hydrogen-bond acceptors (Lipinski definition) is 3. The van der Waals surface area contributed by atoms with Crippen LogP contribution in [0.5, 0.6) is 0 Å². The van der Waals surface area contributed by atoms with Crippen molar-refractivity contribution >= 4 is 21.9 Å². The van der Waals surface area contributed by atoms with E-state index in [1.807, 2.05) is 17.8 Å². The average Bonchev–Trinajstić information content (AvgIpc) is 3.55. The number of halogens is 1. The van der Waals surface area contributed by atoms with Crippen molar-refractivity contribution in [2.24, 2.45) is 7.05 Å². The Bertz CT molecular complexity index is 1830. The zero-order chi connectivity index (χ0) is 27.9. The summed E-state index contributed by atoms with van der Waals surface area (Å²) >= 11 is 0. The van der Waals surface area contributed by atoms with Crippen molar-refractivity contribution in [3.63, 3.8) is 0 Å². The van der Waals surface area contributed by atoms with E-state index in [0.717, 1.165) is 60.2 Å². The molecule has 6 heteroatoms. The minimum atomic E-state index is -0.244. The number of aryl methyl sites for hydroxylation is 1. The number of para-hydroxylation sites is 2. The molecule has 0 saturated carbocycles. The average molecular weight is 544 g/mol. The van der Waals surface area contributed by atoms with Gasteiger partial charge < -0.3 is 4.57 Å². The lowest BCUT2D eigenvalue weighted by atomic mass is 9.94. The lowest BCUT2D eigenvalue weighted by molar-refractivity contribution is 0.200. The molecule has 0 spiro atoms. The predicted octanol–water partition coefficient (Wildman–Crippen LogP) is 7.72. The molecule has 1 atom stereocenters. The van der Waals surface area contributed by atoms with E-state index in [9.17, 15) is 4.39 Å². The standard InChI is InChI=1S/C35H34FN5/c1-24(26-9-4-3-5-10-26)41-32-14-7-6-13-31(32)37-35(41)27-17-19-40(20-18-27)23-25-15-16-30-33(21-25)39(2)38-34(30)28-11-8-12-29(36)22-28/h3-16,21-22,24,27H,17-20,23H2,1-2H3. The van der Waals surface area contributed by atoms with Gasteiger partial charge in [-0.15, -0.1) is 0 Å². The van der Waals surface area contributed by atoms with Crippen molar-refractivity contribution < 1.29 is 4.39 Å². The lowest BCUT2D eigenvalue weighted by Crippen LogP contribution is -2.33. The topological polar surface area (TPSA) is 38.9 Å². The van der Waals surface area contributed by atoms with E-state index in [1.165, 1.54) is 28.5 Å². The first-order valence-corrected chi connectivity index (χ1v) is 14.5. The van der Waals surface area contributed by atoms with Gasteiger partial charge in [-0.2, -0.15) is 5.10 Å². The van der Waals surface area contributed by atoms with Crippen LogP contribution in [-0.4, -0.2) is 37.3 Å². The van der Waals surface area contributed by atoms with Crippen LogP contribution >= 0.6 is 0 Å². The Labute approximate surface area is 239 Å². The van der Waals surface area contributed by atoms with E-state index in [-0.39, 0.29) is 11.9 Å². The number of benzene rings is 4. The number of fused-ring (bicyclic) bond motifs is 2. The van der Waals surface area contributed by atoms with Gasteiger partial charge in [-0.05, 0) is 74.3 Å². The molecule has 2 aromatic heterocycles. The highest BCUT2D eigenvalue weighted by atomic mass is 19.1. The van der Waals surface area contributed by atoms with Crippen LogP contribution in [0.15, 0.2) is 97.1 Å². The highest BCUT2D eigenvalue weighted by molar-refractivity contribution is 5.93. The van der Waals surface area contributed by atoms with Gasteiger partial charge >= 0.3 is 0 Å². The van der Waals surface area contributed by atoms with Crippen molar-refractivity contribution in [1.29, 1.82) is 0 Å². The van der Waals surface area contributed by atoms with Crippen LogP contribution in [0.2, 0.25) is 0 Å². The van der Waals surface area contributed by atoms with Crippen molar-refractivity contribution in [2.75, 3.05) is 13.1 Å². The summed E-state index contributed by atoms with van der Waals surface area (Å²) in [7, 11) is 1.96. The maximum absolute atomic E-state index is 13.9. The Morgan fingerprint density at radius 2 is 1.63 bits per heavy atom. The third kappa shape index (κ3) is 4.82. The quantitative estimate of drug-likeness (QED) is 0.216. The molecular formula is C35H34FN5. The molecule has 1 unspecified atom stereocenters. The van der Waals surface area contributed by atoms with Crippen LogP contribution in [0.4, 0.5) is 4.39 Å². The van der Waals surface area contributed by atoms with E-state index in [2.05, 4.69) is 89.2 Å². The normalized spacial score (nSPS) is 15.6. The monoisotopic (exact) mass is 543 g/mol. The van der Waals surface area contributed by atoms with Gasteiger partial charge in [0.05, 0.1) is 22.6 Å². The molecule has 206 valence electrons. The summed E-state index contributed by atoms with van der Waals surface area (Å²) < 4.78 is 18.2. The fraction of sp³-hybridized carbons (Fsp3) is 0.257. The molecule has 0 amide bonds. The van der Waals surface area contributed by atoms with Crippen molar-refractivity contribution in [1.82, 2.24) is 24.2 Å². The zero-order valence-corrected chi connectivity index (χ0v) is 23.5. The Hall–Kier alpha value is -4.29. The SMILES string of the molecule is CC(c1ccccc1)n1c(C2CCN(Cc3ccc4c(-c5cccc(F)c5)nn(C)c4c3)CC2)nc2ccccc21. The number of piperidine rings is 1. The summed E-state index contributed by atoms with van der Waals surface area (Å²) in [5.41, 5.74) is 7.56. The van der Waals surface area contributed by atoms with Crippen LogP contribution in [0, 0.1) is 5.82 Å². The smallest absolute Gasteiger partial charge is 0.123 e. The molecule has 1 fully saturated rings. The van der Waals surface area contributed by atoms with E-state index < -0.39 is 0 Å². The first-order valence-electron chi connectivity index (χ1n) is 14.5. The molecular weight excluding hydrogens is 509 g/mol. The van der Waals surface area contributed by atoms with Gasteiger partial charge in [-0.1, -0.05) is 66.7 Å². The minimum absolute atomic E-state index is 0.222. The van der Waals surface area contributed by atoms with E-state index in [1.54, 1.807) is 12.1 Å². The molecule has 6 aromatic rings. The summed E-state index contributed by atoms with van der Waals surface area (Å²) in [6, 6.07) is 32.7. The molecule has 1 saturated heterocycles. The first kappa shape index (κ1) is 25.7. The molecule has 41 heavy (non-hydrogen) atoms. The Morgan fingerprint density at radius 1 is 0.854 bits per heavy atom. The number of hydrogen-bond donors (Lipinski definition) is 0. The van der Waals surface area contributed by atoms with Crippen molar-refractivity contribution in [3.8, 4) is 11.3 Å². The van der Waals surface area contributed by atoms with Crippen LogP contribution in [0.25, 0.3) is 33.2 Å². The summed E-state index contributed by atoms with van der Waals surface area (Å²) in [5.74, 6) is 1.40. The summed E-state index contributed by atoms with van der Waals surface area (Å²) in [4.78, 5) is 7.73. The molecule has 1 aliphatic rings. The van der Waals surface area contributed by atoms with Crippen LogP contribution in [0.1, 0.15) is 48.7 Å². The van der Waals surface area contributed by atoms with E-state index >= 15 is 0 Å². The van der Waals surface area contributed by atoms with Crippen LogP contribution in [0.3, 0.4) is 0 Å². The van der Waals surface area contributed by atoms with Gasteiger partial charge in [0, 0.05) is 30.5 Å². The maximum atomic E-state index is 13.9. The summed E-state index contributed by atoms with van der Waals surface area (Å²) in [6.07, 6.45) is 2.17. The number of nitrogens with zero attached hydrogens (tertiary/aromatic N) is 5. The van der Waals surface area contributed by atoms with Gasteiger partial charge in [0.1, 0.15) is 17.3 Å². The largest absolute Gasteiger partial charge is 0.320 e. The van der Waals surface area contributed by atoms with Gasteiger partial charge in [-0.25, -0.2) is 9.37 Å². The number of imidazole rings is 1. The number of rotatable bonds is 6. The second-order valence-electron chi connectivity index (χ2n) is 11.3. The molecule has 5 nitrogen and oxygen atoms in total. The molecule has 0 N–H and O–H groups in total. The molecule has 7 rings (SSSR count). The molecule has 0 radical (unpaired) electrons. The van der Waals surface area contributed by atoms with Crippen molar-refractivity contribution in [2.45, 2.75) is 38.3 Å². The molecule has 1 aliphatic heterocycles. The van der Waals surface area contributed by atoms with E-state index in [0.29, 0.717) is 5.92 Å². The molecule has 0 aliphatic carbocycles. The summed E-state index contributed by atoms with van der Waals surface area (Å²) in [6.45, 7) is 5.26. The Balaban J connectivity index is 1.10. The fourth-order valence-electron chi connectivity index (χ4n) is 6.50. The lowest BCUT2D eigenvalue weighted by Gasteiger charge is -2.32. The van der Waals surface area contributed by atoms with E-state index in [4.69, 9.17) is 10.1 Å². The minimum Gasteiger partial charge on any atom is -0.320 e. The Morgan fingerprint density at radius 3 is 2.44 bits per heavy atom.